The van der Waals surface area contributed by atoms with E-state index in [1.54, 1.807) is 11.1 Å². The number of rotatable bonds is 0. The van der Waals surface area contributed by atoms with Crippen molar-refractivity contribution in [2.45, 2.75) is 24.9 Å². The molecule has 1 aliphatic heterocycles. The van der Waals surface area contributed by atoms with E-state index in [0.717, 1.165) is 12.1 Å². The molecule has 0 aromatic heterocycles. The lowest BCUT2D eigenvalue weighted by Crippen LogP contribution is -2.11. The van der Waals surface area contributed by atoms with Crippen LogP contribution < -0.4 is 0 Å². The quantitative estimate of drug-likeness (QED) is 0.518. The van der Waals surface area contributed by atoms with Crippen molar-refractivity contribution in [3.63, 3.8) is 0 Å². The Morgan fingerprint density at radius 2 is 1.58 bits per heavy atom. The molecule has 1 aromatic carbocycles. The van der Waals surface area contributed by atoms with E-state index in [9.17, 15) is 0 Å². The van der Waals surface area contributed by atoms with Gasteiger partial charge in [0.15, 0.2) is 0 Å². The highest BCUT2D eigenvalue weighted by Gasteiger charge is 2.46. The van der Waals surface area contributed by atoms with Gasteiger partial charge in [-0.3, -0.25) is 4.90 Å². The number of likely N-dealkylation sites (N-methyl/N-ethyl adjacent to an activating group) is 1. The zero-order valence-corrected chi connectivity index (χ0v) is 7.33. The van der Waals surface area contributed by atoms with Crippen LogP contribution in [0.25, 0.3) is 0 Å². The Bertz CT molecular complexity index is 288. The minimum Gasteiger partial charge on any atom is -0.297 e. The molecule has 0 bridgehead atoms. The molecule has 62 valence electrons. The molecular weight excluding hydrogens is 146 g/mol. The summed E-state index contributed by atoms with van der Waals surface area (Å²) in [5.74, 6) is 0. The Morgan fingerprint density at radius 3 is 2.08 bits per heavy atom. The van der Waals surface area contributed by atoms with E-state index in [4.69, 9.17) is 0 Å². The zero-order chi connectivity index (χ0) is 8.13. The van der Waals surface area contributed by atoms with Crippen molar-refractivity contribution in [3.05, 3.63) is 35.4 Å². The van der Waals surface area contributed by atoms with Gasteiger partial charge in [0, 0.05) is 12.1 Å². The normalized spacial score (nSPS) is 36.9. The molecule has 1 heterocycles. The Labute approximate surface area is 73.0 Å². The molecule has 1 aromatic rings. The summed E-state index contributed by atoms with van der Waals surface area (Å²) in [4.78, 5) is 2.49. The molecule has 12 heavy (non-hydrogen) atoms. The van der Waals surface area contributed by atoms with Crippen LogP contribution in [0.15, 0.2) is 24.3 Å². The highest BCUT2D eigenvalue weighted by atomic mass is 15.3. The summed E-state index contributed by atoms with van der Waals surface area (Å²) in [6, 6.07) is 10.6. The van der Waals surface area contributed by atoms with Gasteiger partial charge in [0.25, 0.3) is 0 Å². The summed E-state index contributed by atoms with van der Waals surface area (Å²) in [6.45, 7) is 0. The van der Waals surface area contributed by atoms with E-state index in [1.807, 2.05) is 0 Å². The van der Waals surface area contributed by atoms with Crippen molar-refractivity contribution in [2.24, 2.45) is 0 Å². The molecule has 0 spiro atoms. The van der Waals surface area contributed by atoms with Gasteiger partial charge < -0.3 is 0 Å². The Kier molecular flexibility index (Phi) is 1.17. The molecule has 0 amide bonds. The first-order chi connectivity index (χ1) is 5.86. The second-order valence-electron chi connectivity index (χ2n) is 3.98. The van der Waals surface area contributed by atoms with Crippen molar-refractivity contribution in [3.8, 4) is 0 Å². The summed E-state index contributed by atoms with van der Waals surface area (Å²) in [5.41, 5.74) is 3.14. The third-order valence-electron chi connectivity index (χ3n) is 3.38. The van der Waals surface area contributed by atoms with Crippen LogP contribution in [-0.4, -0.2) is 24.0 Å². The summed E-state index contributed by atoms with van der Waals surface area (Å²) in [7, 11) is 2.24. The van der Waals surface area contributed by atoms with Crippen molar-refractivity contribution in [2.75, 3.05) is 7.05 Å². The van der Waals surface area contributed by atoms with E-state index in [-0.39, 0.29) is 0 Å². The molecular formula is C11H13N. The number of fused-ring (bicyclic) bond motifs is 2. The Morgan fingerprint density at radius 1 is 1.08 bits per heavy atom. The predicted molar refractivity (Wildman–Crippen MR) is 49.2 cm³/mol. The van der Waals surface area contributed by atoms with Gasteiger partial charge in [0.1, 0.15) is 0 Å². The van der Waals surface area contributed by atoms with E-state index >= 15 is 0 Å². The van der Waals surface area contributed by atoms with Crippen LogP contribution in [0.2, 0.25) is 0 Å². The van der Waals surface area contributed by atoms with Crippen LogP contribution in [0.4, 0.5) is 0 Å². The van der Waals surface area contributed by atoms with Crippen LogP contribution in [0.3, 0.4) is 0 Å². The van der Waals surface area contributed by atoms with E-state index in [1.165, 1.54) is 12.8 Å². The molecule has 1 nitrogen and oxygen atoms in total. The van der Waals surface area contributed by atoms with Gasteiger partial charge in [-0.15, -0.1) is 0 Å². The van der Waals surface area contributed by atoms with Gasteiger partial charge in [-0.2, -0.15) is 0 Å². The molecule has 2 atom stereocenters. The Hall–Kier alpha value is -0.820. The van der Waals surface area contributed by atoms with Crippen molar-refractivity contribution in [1.29, 1.82) is 0 Å². The lowest BCUT2D eigenvalue weighted by atomic mass is 9.92. The third kappa shape index (κ3) is 0.774. The van der Waals surface area contributed by atoms with Crippen LogP contribution >= 0.6 is 0 Å². The van der Waals surface area contributed by atoms with Gasteiger partial charge in [0.2, 0.25) is 0 Å². The highest BCUT2D eigenvalue weighted by Crippen LogP contribution is 2.37. The van der Waals surface area contributed by atoms with E-state index in [0.29, 0.717) is 0 Å². The number of hydrogen-bond donors (Lipinski definition) is 0. The monoisotopic (exact) mass is 159 g/mol. The maximum absolute atomic E-state index is 2.49. The lowest BCUT2D eigenvalue weighted by molar-refractivity contribution is 0.586. The summed E-state index contributed by atoms with van der Waals surface area (Å²) in [5, 5.41) is 0. The summed E-state index contributed by atoms with van der Waals surface area (Å²) >= 11 is 0. The van der Waals surface area contributed by atoms with E-state index < -0.39 is 0 Å². The standard InChI is InChI=1S/C11H13N/c1-12-10-6-8-4-2-3-5-9(8)7-11(10)12/h2-5,10-11H,6-7H2,1H3. The topological polar surface area (TPSA) is 3.01 Å². The summed E-state index contributed by atoms with van der Waals surface area (Å²) in [6.07, 6.45) is 2.55. The SMILES string of the molecule is CN1C2Cc3ccccc3CC21. The van der Waals surface area contributed by atoms with Crippen molar-refractivity contribution < 1.29 is 0 Å². The fraction of sp³-hybridized carbons (Fsp3) is 0.455. The van der Waals surface area contributed by atoms with Crippen molar-refractivity contribution >= 4 is 0 Å². The molecule has 1 aliphatic carbocycles. The van der Waals surface area contributed by atoms with Crippen LogP contribution in [0.1, 0.15) is 11.1 Å². The fourth-order valence-electron chi connectivity index (χ4n) is 2.44. The van der Waals surface area contributed by atoms with Gasteiger partial charge in [-0.05, 0) is 31.0 Å². The molecule has 0 N–H and O–H groups in total. The number of benzene rings is 1. The van der Waals surface area contributed by atoms with E-state index in [2.05, 4.69) is 36.2 Å². The van der Waals surface area contributed by atoms with Crippen molar-refractivity contribution in [1.82, 2.24) is 4.90 Å². The average Bonchev–Trinajstić information content (AvgIpc) is 2.74. The van der Waals surface area contributed by atoms with Gasteiger partial charge in [-0.1, -0.05) is 24.3 Å². The largest absolute Gasteiger partial charge is 0.297 e. The highest BCUT2D eigenvalue weighted by molar-refractivity contribution is 5.35. The second kappa shape index (κ2) is 2.11. The Balaban J connectivity index is 2.00. The molecule has 0 saturated carbocycles. The fourth-order valence-corrected chi connectivity index (χ4v) is 2.44. The smallest absolute Gasteiger partial charge is 0.0295 e. The predicted octanol–water partition coefficient (Wildman–Crippen LogP) is 1.47. The second-order valence-corrected chi connectivity index (χ2v) is 3.98. The van der Waals surface area contributed by atoms with Crippen LogP contribution in [0, 0.1) is 0 Å². The number of nitrogens with zero attached hydrogens (tertiary/aromatic N) is 1. The first-order valence-electron chi connectivity index (χ1n) is 4.65. The van der Waals surface area contributed by atoms with Crippen LogP contribution in [-0.2, 0) is 12.8 Å². The zero-order valence-electron chi connectivity index (χ0n) is 7.33. The lowest BCUT2D eigenvalue weighted by Gasteiger charge is -2.11. The van der Waals surface area contributed by atoms with Gasteiger partial charge in [-0.25, -0.2) is 0 Å². The molecule has 0 radical (unpaired) electrons. The first-order valence-corrected chi connectivity index (χ1v) is 4.65. The maximum atomic E-state index is 2.49. The van der Waals surface area contributed by atoms with Gasteiger partial charge >= 0.3 is 0 Å². The minimum absolute atomic E-state index is 0.861. The average molecular weight is 159 g/mol. The maximum Gasteiger partial charge on any atom is 0.0295 e. The van der Waals surface area contributed by atoms with Gasteiger partial charge in [0.05, 0.1) is 0 Å². The van der Waals surface area contributed by atoms with Crippen LogP contribution in [0.5, 0.6) is 0 Å². The molecule has 1 saturated heterocycles. The molecule has 2 unspecified atom stereocenters. The molecule has 3 rings (SSSR count). The molecule has 1 fully saturated rings. The number of hydrogen-bond acceptors (Lipinski definition) is 1. The molecule has 2 aliphatic rings. The molecule has 1 heteroatoms. The first kappa shape index (κ1) is 6.67. The summed E-state index contributed by atoms with van der Waals surface area (Å²) < 4.78 is 0. The third-order valence-corrected chi connectivity index (χ3v) is 3.38. The minimum atomic E-state index is 0.861.